The Morgan fingerprint density at radius 3 is 0.786 bits per heavy atom. The molecule has 18 heteroatoms. The molecule has 5 unspecified atom stereocenters. The monoisotopic (exact) mass is 1480 g/mol. The zero-order chi connectivity index (χ0) is 75.2. The van der Waals surface area contributed by atoms with Crippen molar-refractivity contribution < 1.29 is 75.8 Å². The molecule has 0 saturated heterocycles. The lowest BCUT2D eigenvalue weighted by molar-refractivity contribution is -0.161. The molecule has 0 aliphatic rings. The van der Waals surface area contributed by atoms with Gasteiger partial charge < -0.3 is 34.2 Å². The lowest BCUT2D eigenvalue weighted by Crippen LogP contribution is -2.30. The quantitative estimate of drug-likeness (QED) is 0.0146. The molecule has 5 atom stereocenters. The lowest BCUT2D eigenvalue weighted by Gasteiger charge is -2.21. The van der Waals surface area contributed by atoms with E-state index >= 15 is 0 Å². The fraction of sp³-hybridized carbons (Fsp3) is 0.612. The van der Waals surface area contributed by atoms with Gasteiger partial charge in [-0.3, -0.25) is 32.5 Å². The molecule has 0 heterocycles. The highest BCUT2D eigenvalue weighted by Gasteiger charge is 2.29. The van der Waals surface area contributed by atoms with Gasteiger partial charge in [0.2, 0.25) is 0 Å². The van der Waals surface area contributed by atoms with E-state index in [9.17, 15) is 43.5 Å². The fourth-order valence-corrected chi connectivity index (χ4v) is 11.4. The molecular formula is C85H138O16P2. The minimum absolute atomic E-state index is 0.0712. The van der Waals surface area contributed by atoms with Gasteiger partial charge in [0.1, 0.15) is 25.4 Å². The van der Waals surface area contributed by atoms with Crippen LogP contribution in [0.3, 0.4) is 0 Å². The molecule has 0 aromatic carbocycles. The maximum atomic E-state index is 13.0. The third-order valence-electron chi connectivity index (χ3n) is 15.6. The normalized spacial score (nSPS) is 15.0. The van der Waals surface area contributed by atoms with Gasteiger partial charge in [-0.1, -0.05) is 287 Å². The van der Waals surface area contributed by atoms with Gasteiger partial charge in [-0.05, 0) is 154 Å². The Bertz CT molecular complexity index is 2600. The zero-order valence-electron chi connectivity index (χ0n) is 63.7. The summed E-state index contributed by atoms with van der Waals surface area (Å²) in [4.78, 5) is 58.7. The fourth-order valence-electron chi connectivity index (χ4n) is 9.77. The van der Waals surface area contributed by atoms with E-state index in [2.05, 4.69) is 203 Å². The van der Waals surface area contributed by atoms with Crippen LogP contribution >= 0.6 is 15.6 Å². The summed E-state index contributed by atoms with van der Waals surface area (Å²) in [6, 6.07) is 0. The predicted octanol–water partition coefficient (Wildman–Crippen LogP) is 23.0. The predicted molar refractivity (Wildman–Crippen MR) is 426 cm³/mol. The zero-order valence-corrected chi connectivity index (χ0v) is 65.5. The first-order valence-electron chi connectivity index (χ1n) is 39.1. The Labute approximate surface area is 624 Å². The van der Waals surface area contributed by atoms with Crippen LogP contribution in [0.5, 0.6) is 0 Å². The number of carbonyl (C=O) groups excluding carboxylic acids is 3. The summed E-state index contributed by atoms with van der Waals surface area (Å²) in [7, 11) is -9.82. The Balaban J connectivity index is 4.69. The molecule has 0 saturated carbocycles. The van der Waals surface area contributed by atoms with Crippen LogP contribution in [0.4, 0.5) is 0 Å². The number of unbranched alkanes of at least 4 members (excludes halogenated alkanes) is 19. The molecule has 0 aliphatic carbocycles. The van der Waals surface area contributed by atoms with Crippen molar-refractivity contribution in [3.8, 4) is 0 Å². The van der Waals surface area contributed by atoms with Crippen LogP contribution < -0.4 is 0 Å². The molecule has 0 rings (SSSR count). The van der Waals surface area contributed by atoms with Crippen molar-refractivity contribution in [2.45, 2.75) is 296 Å². The van der Waals surface area contributed by atoms with Gasteiger partial charge in [-0.25, -0.2) is 9.13 Å². The van der Waals surface area contributed by atoms with Gasteiger partial charge in [-0.15, -0.1) is 0 Å². The Morgan fingerprint density at radius 1 is 0.272 bits per heavy atom. The number of phosphoric ester groups is 2. The van der Waals surface area contributed by atoms with Crippen LogP contribution in [-0.4, -0.2) is 95.9 Å². The summed E-state index contributed by atoms with van der Waals surface area (Å²) in [6.45, 7) is 2.25. The first-order valence-corrected chi connectivity index (χ1v) is 42.1. The molecule has 0 bridgehead atoms. The van der Waals surface area contributed by atoms with E-state index in [0.29, 0.717) is 19.3 Å². The highest BCUT2D eigenvalue weighted by molar-refractivity contribution is 7.47. The van der Waals surface area contributed by atoms with E-state index < -0.39 is 91.5 Å². The van der Waals surface area contributed by atoms with Crippen LogP contribution in [0.25, 0.3) is 0 Å². The largest absolute Gasteiger partial charge is 0.472 e. The second kappa shape index (κ2) is 76.3. The number of aliphatic hydroxyl groups is 2. The molecule has 103 heavy (non-hydrogen) atoms. The molecular weight excluding hydrogens is 1340 g/mol. The number of phosphoric acid groups is 2. The molecule has 0 spiro atoms. The average molecular weight is 1480 g/mol. The number of rotatable bonds is 72. The number of hydrogen-bond acceptors (Lipinski definition) is 14. The number of carbonyl (C=O) groups is 3. The number of aliphatic hydroxyl groups excluding tert-OH is 2. The Morgan fingerprint density at radius 2 is 0.485 bits per heavy atom. The maximum absolute atomic E-state index is 13.0. The molecule has 0 radical (unpaired) electrons. The van der Waals surface area contributed by atoms with E-state index in [0.717, 1.165) is 180 Å². The molecule has 0 aromatic heterocycles. The molecule has 584 valence electrons. The minimum atomic E-state index is -4.95. The average Bonchev–Trinajstić information content (AvgIpc) is 0.936. The highest BCUT2D eigenvalue weighted by atomic mass is 31.2. The SMILES string of the molecule is CC/C=C\C/C=C\C/C=C\C/C=C\C/C=C\C/C=C\CCCCC(=O)OCC(COP(=O)(O)OCC(O)COP(=O)(O)OCC(O)COC(=O)CCCCCCCCCCCCC/C=C\C/C=C\C/C=C\C/C=C\C/C=C\CC)OC(=O)CCCCCCCC/C=C\C/C=C\C/C=C\C/C=C\CC. The summed E-state index contributed by atoms with van der Waals surface area (Å²) in [5.74, 6) is -1.66. The Kier molecular flexibility index (Phi) is 72.3. The van der Waals surface area contributed by atoms with Crippen molar-refractivity contribution in [1.82, 2.24) is 0 Å². The van der Waals surface area contributed by atoms with Crippen molar-refractivity contribution in [1.29, 1.82) is 0 Å². The number of allylic oxidation sites excluding steroid dienone is 30. The van der Waals surface area contributed by atoms with Crippen LogP contribution in [0.15, 0.2) is 182 Å². The van der Waals surface area contributed by atoms with E-state index in [1.807, 2.05) is 0 Å². The van der Waals surface area contributed by atoms with Gasteiger partial charge in [-0.2, -0.15) is 0 Å². The standard InChI is InChI=1S/C85H138O16P2/c1-4-7-10-13-16-19-22-25-28-31-34-36-37-38-39-40-41-43-46-47-50-53-56-59-62-65-68-71-83(88)95-74-80(86)75-97-102(91,92)98-76-81(87)77-99-103(93,94)100-79-82(101-85(90)73-70-67-64-61-58-55-52-49-44-33-30-27-24-21-18-15-12-9-6-3)78-96-84(89)72-69-66-63-60-57-54-51-48-45-42-35-32-29-26-23-20-17-14-11-8-5-2/h7-12,16-21,25-30,34-36,38-39,42,44,48-49,51,57,60,80-82,86-87H,4-6,13-15,22-24,31-33,37,40-41,43,45-47,50,52-56,58-59,61-79H2,1-3H3,(H,91,92)(H,93,94)/b10-7-,11-8-,12-9-,19-16-,20-17-,21-18-,28-25-,29-26-,30-27-,36-34-,39-38-,42-35-,49-44-,51-48-,60-57-. The van der Waals surface area contributed by atoms with Crippen molar-refractivity contribution in [3.63, 3.8) is 0 Å². The van der Waals surface area contributed by atoms with Gasteiger partial charge in [0.15, 0.2) is 6.10 Å². The number of ether oxygens (including phenoxy) is 3. The van der Waals surface area contributed by atoms with Crippen LogP contribution in [-0.2, 0) is 55.8 Å². The first-order chi connectivity index (χ1) is 50.2. The van der Waals surface area contributed by atoms with Crippen molar-refractivity contribution in [2.75, 3.05) is 39.6 Å². The van der Waals surface area contributed by atoms with E-state index in [-0.39, 0.29) is 19.3 Å². The van der Waals surface area contributed by atoms with E-state index in [4.69, 9.17) is 32.3 Å². The molecule has 0 amide bonds. The molecule has 0 aliphatic heterocycles. The van der Waals surface area contributed by atoms with Crippen molar-refractivity contribution in [3.05, 3.63) is 182 Å². The lowest BCUT2D eigenvalue weighted by atomic mass is 10.0. The molecule has 4 N–H and O–H groups in total. The topological polar surface area (TPSA) is 231 Å². The van der Waals surface area contributed by atoms with Crippen LogP contribution in [0.2, 0.25) is 0 Å². The summed E-state index contributed by atoms with van der Waals surface area (Å²) in [5, 5.41) is 20.6. The van der Waals surface area contributed by atoms with E-state index in [1.165, 1.54) is 38.5 Å². The van der Waals surface area contributed by atoms with Gasteiger partial charge in [0, 0.05) is 19.3 Å². The molecule has 0 fully saturated rings. The summed E-state index contributed by atoms with van der Waals surface area (Å²) in [6.07, 6.45) is 97.9. The molecule has 0 aromatic rings. The highest BCUT2D eigenvalue weighted by Crippen LogP contribution is 2.45. The van der Waals surface area contributed by atoms with Crippen molar-refractivity contribution >= 4 is 33.6 Å². The summed E-state index contributed by atoms with van der Waals surface area (Å²) >= 11 is 0. The second-order valence-electron chi connectivity index (χ2n) is 25.4. The minimum Gasteiger partial charge on any atom is -0.463 e. The van der Waals surface area contributed by atoms with Crippen molar-refractivity contribution in [2.24, 2.45) is 0 Å². The molecule has 16 nitrogen and oxygen atoms in total. The van der Waals surface area contributed by atoms with Gasteiger partial charge in [0.05, 0.1) is 26.4 Å². The van der Waals surface area contributed by atoms with Gasteiger partial charge in [0.25, 0.3) is 0 Å². The smallest absolute Gasteiger partial charge is 0.463 e. The first kappa shape index (κ1) is 97.7. The maximum Gasteiger partial charge on any atom is 0.472 e. The third-order valence-corrected chi connectivity index (χ3v) is 17.5. The second-order valence-corrected chi connectivity index (χ2v) is 28.3. The number of hydrogen-bond donors (Lipinski definition) is 4. The summed E-state index contributed by atoms with van der Waals surface area (Å²) < 4.78 is 61.1. The van der Waals surface area contributed by atoms with Crippen LogP contribution in [0.1, 0.15) is 278 Å². The third kappa shape index (κ3) is 77.6. The summed E-state index contributed by atoms with van der Waals surface area (Å²) in [5.41, 5.74) is 0. The Hall–Kier alpha value is -5.35. The van der Waals surface area contributed by atoms with Crippen LogP contribution in [0, 0.1) is 0 Å². The van der Waals surface area contributed by atoms with E-state index in [1.54, 1.807) is 0 Å². The van der Waals surface area contributed by atoms with Gasteiger partial charge >= 0.3 is 33.6 Å². The number of esters is 3.